The van der Waals surface area contributed by atoms with Gasteiger partial charge in [0.1, 0.15) is 15.2 Å². The van der Waals surface area contributed by atoms with Gasteiger partial charge in [-0.1, -0.05) is 18.2 Å². The van der Waals surface area contributed by atoms with Crippen molar-refractivity contribution in [2.75, 3.05) is 12.8 Å². The van der Waals surface area contributed by atoms with Gasteiger partial charge in [0.15, 0.2) is 0 Å². The molecule has 0 radical (unpaired) electrons. The Morgan fingerprint density at radius 3 is 2.60 bits per heavy atom. The third-order valence-electron chi connectivity index (χ3n) is 2.80. The topological polar surface area (TPSA) is 87.2 Å². The van der Waals surface area contributed by atoms with E-state index in [4.69, 9.17) is 11.0 Å². The van der Waals surface area contributed by atoms with Crippen molar-refractivity contribution >= 4 is 27.0 Å². The molecule has 0 aliphatic heterocycles. The van der Waals surface area contributed by atoms with E-state index < -0.39 is 10.0 Å². The highest BCUT2D eigenvalue weighted by Crippen LogP contribution is 2.25. The molecule has 2 N–H and O–H groups in total. The van der Waals surface area contributed by atoms with Crippen molar-refractivity contribution in [3.05, 3.63) is 46.8 Å². The molecule has 7 heteroatoms. The van der Waals surface area contributed by atoms with Crippen LogP contribution in [0.15, 0.2) is 40.6 Å². The standard InChI is InChI=1S/C13H13N3O2S2/c1-16(9-10-4-2-3-5-12(10)15)20(17,18)13-7-6-11(8-14)19-13/h2-7H,9,15H2,1H3. The maximum atomic E-state index is 12.4. The van der Waals surface area contributed by atoms with Gasteiger partial charge in [-0.25, -0.2) is 8.42 Å². The van der Waals surface area contributed by atoms with Gasteiger partial charge in [0.05, 0.1) is 0 Å². The zero-order valence-corrected chi connectivity index (χ0v) is 12.4. The summed E-state index contributed by atoms with van der Waals surface area (Å²) in [5, 5.41) is 8.76. The number of thiophene rings is 1. The quantitative estimate of drug-likeness (QED) is 0.875. The van der Waals surface area contributed by atoms with Gasteiger partial charge in [-0.2, -0.15) is 9.57 Å². The van der Waals surface area contributed by atoms with Crippen LogP contribution in [0, 0.1) is 11.3 Å². The van der Waals surface area contributed by atoms with Crippen molar-refractivity contribution in [2.24, 2.45) is 0 Å². The van der Waals surface area contributed by atoms with E-state index in [1.54, 1.807) is 18.2 Å². The lowest BCUT2D eigenvalue weighted by Crippen LogP contribution is -2.26. The first-order valence-electron chi connectivity index (χ1n) is 5.75. The molecule has 2 rings (SSSR count). The van der Waals surface area contributed by atoms with Gasteiger partial charge >= 0.3 is 0 Å². The normalized spacial score (nSPS) is 11.4. The second-order valence-corrected chi connectivity index (χ2v) is 7.55. The van der Waals surface area contributed by atoms with Crippen molar-refractivity contribution in [1.29, 1.82) is 5.26 Å². The Hall–Kier alpha value is -1.88. The number of hydrogen-bond donors (Lipinski definition) is 1. The molecule has 0 aliphatic rings. The largest absolute Gasteiger partial charge is 0.398 e. The van der Waals surface area contributed by atoms with Crippen LogP contribution in [0.1, 0.15) is 10.4 Å². The molecule has 0 unspecified atom stereocenters. The minimum absolute atomic E-state index is 0.158. The highest BCUT2D eigenvalue weighted by molar-refractivity contribution is 7.91. The fraction of sp³-hybridized carbons (Fsp3) is 0.154. The van der Waals surface area contributed by atoms with E-state index in [1.165, 1.54) is 23.5 Å². The molecular weight excluding hydrogens is 294 g/mol. The van der Waals surface area contributed by atoms with Gasteiger partial charge in [0, 0.05) is 19.3 Å². The third-order valence-corrected chi connectivity index (χ3v) is 6.06. The van der Waals surface area contributed by atoms with Crippen LogP contribution >= 0.6 is 11.3 Å². The molecule has 5 nitrogen and oxygen atoms in total. The summed E-state index contributed by atoms with van der Waals surface area (Å²) in [5.41, 5.74) is 7.11. The maximum Gasteiger partial charge on any atom is 0.252 e. The van der Waals surface area contributed by atoms with Crippen molar-refractivity contribution < 1.29 is 8.42 Å². The minimum Gasteiger partial charge on any atom is -0.398 e. The highest BCUT2D eigenvalue weighted by Gasteiger charge is 2.23. The van der Waals surface area contributed by atoms with Crippen molar-refractivity contribution in [2.45, 2.75) is 10.8 Å². The van der Waals surface area contributed by atoms with Crippen LogP contribution in [0.5, 0.6) is 0 Å². The average Bonchev–Trinajstić information content (AvgIpc) is 2.90. The Balaban J connectivity index is 2.26. The Kier molecular flexibility index (Phi) is 4.09. The molecule has 0 atom stereocenters. The number of para-hydroxylation sites is 1. The van der Waals surface area contributed by atoms with Crippen molar-refractivity contribution in [1.82, 2.24) is 4.31 Å². The fourth-order valence-corrected chi connectivity index (χ4v) is 4.14. The summed E-state index contributed by atoms with van der Waals surface area (Å²) in [4.78, 5) is 0.371. The number of nitrogens with zero attached hydrogens (tertiary/aromatic N) is 2. The summed E-state index contributed by atoms with van der Waals surface area (Å²) in [6, 6.07) is 12.0. The van der Waals surface area contributed by atoms with Crippen LogP contribution in [-0.2, 0) is 16.6 Å². The van der Waals surface area contributed by atoms with Crippen LogP contribution in [0.2, 0.25) is 0 Å². The van der Waals surface area contributed by atoms with Crippen molar-refractivity contribution in [3.8, 4) is 6.07 Å². The molecule has 1 aromatic heterocycles. The molecule has 0 amide bonds. The number of anilines is 1. The first-order chi connectivity index (χ1) is 9.45. The molecule has 20 heavy (non-hydrogen) atoms. The number of benzene rings is 1. The molecule has 1 heterocycles. The first kappa shape index (κ1) is 14.5. The molecule has 0 bridgehead atoms. The lowest BCUT2D eigenvalue weighted by Gasteiger charge is -2.17. The van der Waals surface area contributed by atoms with Gasteiger partial charge in [-0.05, 0) is 23.8 Å². The van der Waals surface area contributed by atoms with Crippen LogP contribution in [0.25, 0.3) is 0 Å². The van der Waals surface area contributed by atoms with Gasteiger partial charge in [-0.3, -0.25) is 0 Å². The predicted molar refractivity (Wildman–Crippen MR) is 78.5 cm³/mol. The second kappa shape index (κ2) is 5.63. The molecule has 0 saturated heterocycles. The number of nitriles is 1. The van der Waals surface area contributed by atoms with E-state index >= 15 is 0 Å². The lowest BCUT2D eigenvalue weighted by molar-refractivity contribution is 0.469. The summed E-state index contributed by atoms with van der Waals surface area (Å²) in [7, 11) is -2.10. The zero-order valence-electron chi connectivity index (χ0n) is 10.8. The number of hydrogen-bond acceptors (Lipinski definition) is 5. The Labute approximate surface area is 121 Å². The monoisotopic (exact) mass is 307 g/mol. The first-order valence-corrected chi connectivity index (χ1v) is 8.00. The summed E-state index contributed by atoms with van der Waals surface area (Å²) in [6.45, 7) is 0.189. The van der Waals surface area contributed by atoms with Crippen LogP contribution < -0.4 is 5.73 Å². The zero-order chi connectivity index (χ0) is 14.8. The van der Waals surface area contributed by atoms with E-state index in [1.807, 2.05) is 12.1 Å². The minimum atomic E-state index is -3.60. The van der Waals surface area contributed by atoms with E-state index in [-0.39, 0.29) is 10.8 Å². The third kappa shape index (κ3) is 2.82. The van der Waals surface area contributed by atoms with E-state index in [2.05, 4.69) is 0 Å². The van der Waals surface area contributed by atoms with Crippen molar-refractivity contribution in [3.63, 3.8) is 0 Å². The fourth-order valence-electron chi connectivity index (χ4n) is 1.68. The molecular formula is C13H13N3O2S2. The summed E-state index contributed by atoms with van der Waals surface area (Å²) in [6.07, 6.45) is 0. The van der Waals surface area contributed by atoms with Gasteiger partial charge in [-0.15, -0.1) is 11.3 Å². The number of sulfonamides is 1. The molecule has 0 spiro atoms. The summed E-state index contributed by atoms with van der Waals surface area (Å²) >= 11 is 0.961. The number of nitrogen functional groups attached to an aromatic ring is 1. The molecule has 0 fully saturated rings. The highest BCUT2D eigenvalue weighted by atomic mass is 32.2. The van der Waals surface area contributed by atoms with Crippen LogP contribution in [0.4, 0.5) is 5.69 Å². The molecule has 1 aromatic carbocycles. The number of rotatable bonds is 4. The average molecular weight is 307 g/mol. The predicted octanol–water partition coefficient (Wildman–Crippen LogP) is 2.02. The van der Waals surface area contributed by atoms with E-state index in [0.717, 1.165) is 16.9 Å². The van der Waals surface area contributed by atoms with E-state index in [0.29, 0.717) is 10.6 Å². The van der Waals surface area contributed by atoms with Crippen LogP contribution in [-0.4, -0.2) is 19.8 Å². The van der Waals surface area contributed by atoms with Gasteiger partial charge in [0.25, 0.3) is 10.0 Å². The summed E-state index contributed by atoms with van der Waals surface area (Å²) < 4.78 is 26.1. The second-order valence-electron chi connectivity index (χ2n) is 4.19. The van der Waals surface area contributed by atoms with Gasteiger partial charge < -0.3 is 5.73 Å². The maximum absolute atomic E-state index is 12.4. The molecule has 104 valence electrons. The lowest BCUT2D eigenvalue weighted by atomic mass is 10.2. The Morgan fingerprint density at radius 1 is 1.30 bits per heavy atom. The SMILES string of the molecule is CN(Cc1ccccc1N)S(=O)(=O)c1ccc(C#N)s1. The Morgan fingerprint density at radius 2 is 2.00 bits per heavy atom. The van der Waals surface area contributed by atoms with Crippen LogP contribution in [0.3, 0.4) is 0 Å². The molecule has 0 saturated carbocycles. The molecule has 2 aromatic rings. The smallest absolute Gasteiger partial charge is 0.252 e. The summed E-state index contributed by atoms with van der Waals surface area (Å²) in [5.74, 6) is 0. The van der Waals surface area contributed by atoms with E-state index in [9.17, 15) is 8.42 Å². The van der Waals surface area contributed by atoms with Gasteiger partial charge in [0.2, 0.25) is 0 Å². The molecule has 0 aliphatic carbocycles. The number of nitrogens with two attached hydrogens (primary N) is 1. The Bertz CT molecular complexity index is 760.